The number of fused-ring (bicyclic) bond motifs is 1. The second-order valence-corrected chi connectivity index (χ2v) is 6.28. The van der Waals surface area contributed by atoms with Gasteiger partial charge in [-0.15, -0.1) is 11.3 Å². The van der Waals surface area contributed by atoms with Gasteiger partial charge in [0, 0.05) is 25.1 Å². The number of rotatable bonds is 6. The van der Waals surface area contributed by atoms with Crippen molar-refractivity contribution >= 4 is 27.4 Å². The van der Waals surface area contributed by atoms with E-state index in [9.17, 15) is 0 Å². The highest BCUT2D eigenvalue weighted by Gasteiger charge is 2.13. The second-order valence-electron chi connectivity index (χ2n) is 5.07. The topological polar surface area (TPSA) is 64.3 Å². The van der Waals surface area contributed by atoms with Crippen LogP contribution in [0.3, 0.4) is 0 Å². The van der Waals surface area contributed by atoms with Crippen molar-refractivity contribution in [2.75, 3.05) is 33.0 Å². The van der Waals surface area contributed by atoms with Crippen molar-refractivity contribution in [2.24, 2.45) is 0 Å². The van der Waals surface area contributed by atoms with Crippen molar-refractivity contribution in [2.45, 2.75) is 26.8 Å². The summed E-state index contributed by atoms with van der Waals surface area (Å²) in [5, 5.41) is 1.01. The number of nitrogens with zero attached hydrogens (tertiary/aromatic N) is 3. The Hall–Kier alpha value is -1.24. The quantitative estimate of drug-likeness (QED) is 0.829. The van der Waals surface area contributed by atoms with Crippen LogP contribution in [-0.4, -0.2) is 42.2 Å². The molecule has 0 saturated carbocycles. The minimum absolute atomic E-state index is 0.595. The molecule has 0 fully saturated rings. The van der Waals surface area contributed by atoms with Gasteiger partial charge >= 0.3 is 0 Å². The van der Waals surface area contributed by atoms with Crippen LogP contribution >= 0.6 is 11.3 Å². The molecule has 0 bridgehead atoms. The van der Waals surface area contributed by atoms with Crippen LogP contribution in [0.25, 0.3) is 10.2 Å². The zero-order chi connectivity index (χ0) is 14.7. The maximum absolute atomic E-state index is 6.09. The minimum Gasteiger partial charge on any atom is -0.385 e. The molecular formula is C14H22N4OS. The third kappa shape index (κ3) is 3.26. The van der Waals surface area contributed by atoms with E-state index in [-0.39, 0.29) is 0 Å². The molecule has 6 heteroatoms. The maximum Gasteiger partial charge on any atom is 0.146 e. The Morgan fingerprint density at radius 1 is 1.30 bits per heavy atom. The van der Waals surface area contributed by atoms with E-state index in [0.29, 0.717) is 12.4 Å². The first-order chi connectivity index (χ1) is 9.52. The summed E-state index contributed by atoms with van der Waals surface area (Å²) in [4.78, 5) is 13.5. The van der Waals surface area contributed by atoms with Gasteiger partial charge in [-0.25, -0.2) is 9.97 Å². The fraction of sp³-hybridized carbons (Fsp3) is 0.571. The van der Waals surface area contributed by atoms with Gasteiger partial charge in [0.2, 0.25) is 0 Å². The molecule has 0 aliphatic carbocycles. The molecule has 2 aromatic rings. The number of hydrogen-bond donors (Lipinski definition) is 1. The predicted octanol–water partition coefficient (Wildman–Crippen LogP) is 2.36. The molecule has 0 radical (unpaired) electrons. The zero-order valence-electron chi connectivity index (χ0n) is 12.6. The lowest BCUT2D eigenvalue weighted by molar-refractivity contribution is 0.177. The first-order valence-electron chi connectivity index (χ1n) is 6.72. The Kier molecular flexibility index (Phi) is 4.91. The number of thiophene rings is 1. The molecule has 0 unspecified atom stereocenters. The molecule has 2 aromatic heterocycles. The fourth-order valence-electron chi connectivity index (χ4n) is 2.20. The molecule has 0 saturated heterocycles. The van der Waals surface area contributed by atoms with Gasteiger partial charge in [0.15, 0.2) is 0 Å². The molecule has 5 nitrogen and oxygen atoms in total. The molecule has 0 aliphatic heterocycles. The molecule has 20 heavy (non-hydrogen) atoms. The summed E-state index contributed by atoms with van der Waals surface area (Å²) in [6.07, 6.45) is 1.00. The molecule has 2 heterocycles. The van der Waals surface area contributed by atoms with Crippen molar-refractivity contribution in [3.8, 4) is 0 Å². The third-order valence-electron chi connectivity index (χ3n) is 3.40. The van der Waals surface area contributed by atoms with Crippen LogP contribution in [0, 0.1) is 13.8 Å². The smallest absolute Gasteiger partial charge is 0.146 e. The summed E-state index contributed by atoms with van der Waals surface area (Å²) in [6.45, 7) is 6.61. The third-order valence-corrected chi connectivity index (χ3v) is 4.50. The average molecular weight is 294 g/mol. The van der Waals surface area contributed by atoms with Crippen LogP contribution in [0.1, 0.15) is 22.7 Å². The molecule has 0 spiro atoms. The Morgan fingerprint density at radius 2 is 2.05 bits per heavy atom. The van der Waals surface area contributed by atoms with Crippen molar-refractivity contribution in [1.29, 1.82) is 0 Å². The Bertz CT molecular complexity index is 596. The fourth-order valence-corrected chi connectivity index (χ4v) is 3.25. The van der Waals surface area contributed by atoms with Crippen molar-refractivity contribution in [3.05, 3.63) is 16.3 Å². The highest BCUT2D eigenvalue weighted by Crippen LogP contribution is 2.31. The van der Waals surface area contributed by atoms with Crippen LogP contribution in [0.2, 0.25) is 0 Å². The van der Waals surface area contributed by atoms with Gasteiger partial charge in [-0.3, -0.25) is 4.90 Å². The van der Waals surface area contributed by atoms with E-state index in [4.69, 9.17) is 10.5 Å². The van der Waals surface area contributed by atoms with Gasteiger partial charge in [0.05, 0.1) is 11.9 Å². The predicted molar refractivity (Wildman–Crippen MR) is 84.1 cm³/mol. The van der Waals surface area contributed by atoms with Crippen molar-refractivity contribution in [3.63, 3.8) is 0 Å². The molecule has 0 aromatic carbocycles. The molecule has 0 atom stereocenters. The second kappa shape index (κ2) is 6.47. The van der Waals surface area contributed by atoms with E-state index in [2.05, 4.69) is 35.8 Å². The lowest BCUT2D eigenvalue weighted by Crippen LogP contribution is -2.21. The molecule has 110 valence electrons. The number of hydrogen-bond acceptors (Lipinski definition) is 6. The highest BCUT2D eigenvalue weighted by molar-refractivity contribution is 7.18. The molecule has 2 rings (SSSR count). The summed E-state index contributed by atoms with van der Waals surface area (Å²) in [7, 11) is 3.78. The number of nitrogen functional groups attached to an aromatic ring is 1. The molecule has 0 aliphatic rings. The average Bonchev–Trinajstić information content (AvgIpc) is 2.65. The van der Waals surface area contributed by atoms with Crippen LogP contribution in [0.4, 0.5) is 5.82 Å². The van der Waals surface area contributed by atoms with E-state index >= 15 is 0 Å². The van der Waals surface area contributed by atoms with E-state index in [1.165, 1.54) is 10.4 Å². The number of nitrogens with two attached hydrogens (primary N) is 1. The lowest BCUT2D eigenvalue weighted by atomic mass is 10.2. The van der Waals surface area contributed by atoms with Crippen LogP contribution in [-0.2, 0) is 11.3 Å². The summed E-state index contributed by atoms with van der Waals surface area (Å²) >= 11 is 1.69. The number of aryl methyl sites for hydroxylation is 2. The van der Waals surface area contributed by atoms with E-state index in [1.54, 1.807) is 18.4 Å². The number of anilines is 1. The Labute approximate surface area is 123 Å². The normalized spacial score (nSPS) is 11.7. The summed E-state index contributed by atoms with van der Waals surface area (Å²) in [5.41, 5.74) is 7.28. The molecular weight excluding hydrogens is 272 g/mol. The number of aromatic nitrogens is 2. The number of ether oxygens (including phenoxy) is 1. The number of methoxy groups -OCH3 is 1. The monoisotopic (exact) mass is 294 g/mol. The van der Waals surface area contributed by atoms with Gasteiger partial charge in [-0.2, -0.15) is 0 Å². The van der Waals surface area contributed by atoms with Gasteiger partial charge in [-0.1, -0.05) is 0 Å². The van der Waals surface area contributed by atoms with Crippen molar-refractivity contribution in [1.82, 2.24) is 14.9 Å². The van der Waals surface area contributed by atoms with E-state index in [0.717, 1.165) is 35.6 Å². The largest absolute Gasteiger partial charge is 0.385 e. The summed E-state index contributed by atoms with van der Waals surface area (Å²) in [6, 6.07) is 0. The van der Waals surface area contributed by atoms with Crippen molar-refractivity contribution < 1.29 is 4.74 Å². The standard InChI is InChI=1S/C14H22N4OS/c1-9-10(2)20-14-12(9)13(15)16-11(17-14)8-18(3)6-5-7-19-4/h5-8H2,1-4H3,(H2,15,16,17). The first-order valence-corrected chi connectivity index (χ1v) is 7.54. The Morgan fingerprint density at radius 3 is 2.75 bits per heavy atom. The lowest BCUT2D eigenvalue weighted by Gasteiger charge is -2.15. The maximum atomic E-state index is 6.09. The van der Waals surface area contributed by atoms with Crippen LogP contribution < -0.4 is 5.73 Å². The van der Waals surface area contributed by atoms with Crippen LogP contribution in [0.15, 0.2) is 0 Å². The zero-order valence-corrected chi connectivity index (χ0v) is 13.4. The first kappa shape index (κ1) is 15.2. The molecule has 2 N–H and O–H groups in total. The summed E-state index contributed by atoms with van der Waals surface area (Å²) < 4.78 is 5.06. The minimum atomic E-state index is 0.595. The summed E-state index contributed by atoms with van der Waals surface area (Å²) in [5.74, 6) is 1.38. The van der Waals surface area contributed by atoms with Gasteiger partial charge in [0.1, 0.15) is 16.5 Å². The SMILES string of the molecule is COCCCN(C)Cc1nc(N)c2c(C)c(C)sc2n1. The van der Waals surface area contributed by atoms with Gasteiger partial charge in [0.25, 0.3) is 0 Å². The van der Waals surface area contributed by atoms with E-state index in [1.807, 2.05) is 0 Å². The van der Waals surface area contributed by atoms with Gasteiger partial charge < -0.3 is 10.5 Å². The van der Waals surface area contributed by atoms with Crippen LogP contribution in [0.5, 0.6) is 0 Å². The Balaban J connectivity index is 2.15. The molecule has 0 amide bonds. The van der Waals surface area contributed by atoms with Gasteiger partial charge in [-0.05, 0) is 32.9 Å². The highest BCUT2D eigenvalue weighted by atomic mass is 32.1. The van der Waals surface area contributed by atoms with E-state index < -0.39 is 0 Å².